The molecule has 0 spiro atoms. The minimum Gasteiger partial charge on any atom is -0.493 e. The van der Waals surface area contributed by atoms with E-state index in [0.717, 1.165) is 11.1 Å². The fourth-order valence-corrected chi connectivity index (χ4v) is 4.77. The molecule has 0 fully saturated rings. The Labute approximate surface area is 152 Å². The van der Waals surface area contributed by atoms with Gasteiger partial charge in [0.15, 0.2) is 11.5 Å². The van der Waals surface area contributed by atoms with E-state index >= 15 is 0 Å². The first-order chi connectivity index (χ1) is 11.9. The number of methoxy groups -OCH3 is 2. The third-order valence-corrected chi connectivity index (χ3v) is 6.61. The highest BCUT2D eigenvalue weighted by Gasteiger charge is 2.34. The Balaban J connectivity index is 2.01. The highest BCUT2D eigenvalue weighted by Crippen LogP contribution is 2.39. The van der Waals surface area contributed by atoms with Crippen LogP contribution in [-0.2, 0) is 16.4 Å². The van der Waals surface area contributed by atoms with Crippen molar-refractivity contribution in [1.82, 2.24) is 9.29 Å². The van der Waals surface area contributed by atoms with Gasteiger partial charge in [-0.15, -0.1) is 0 Å². The van der Waals surface area contributed by atoms with Gasteiger partial charge in [-0.05, 0) is 48.7 Å². The van der Waals surface area contributed by atoms with Crippen molar-refractivity contribution in [2.24, 2.45) is 0 Å². The number of rotatable bonds is 4. The third-order valence-electron chi connectivity index (χ3n) is 4.44. The molecule has 0 bridgehead atoms. The number of benzene rings is 1. The maximum absolute atomic E-state index is 13.0. The van der Waals surface area contributed by atoms with Crippen molar-refractivity contribution in [3.63, 3.8) is 0 Å². The van der Waals surface area contributed by atoms with E-state index in [-0.39, 0.29) is 16.1 Å². The Kier molecular flexibility index (Phi) is 4.90. The lowest BCUT2D eigenvalue weighted by Crippen LogP contribution is -2.38. The number of aromatic nitrogens is 1. The van der Waals surface area contributed by atoms with Gasteiger partial charge in [0.2, 0.25) is 10.0 Å². The standard InChI is InChI=1S/C17H19ClN2O4S/c1-11-14-9-16(24-3)15(23-2)8-12(14)6-7-20(11)25(21,22)13-4-5-17(18)19-10-13/h4-5,8-11H,6-7H2,1-3H3/t11-/m1/s1. The zero-order valence-electron chi connectivity index (χ0n) is 14.2. The first kappa shape index (κ1) is 18.0. The molecule has 0 N–H and O–H groups in total. The molecule has 0 radical (unpaired) electrons. The Morgan fingerprint density at radius 2 is 1.88 bits per heavy atom. The van der Waals surface area contributed by atoms with Gasteiger partial charge in [0.1, 0.15) is 10.0 Å². The van der Waals surface area contributed by atoms with Crippen LogP contribution in [0.1, 0.15) is 24.1 Å². The van der Waals surface area contributed by atoms with Crippen LogP contribution in [0.4, 0.5) is 0 Å². The largest absolute Gasteiger partial charge is 0.493 e. The van der Waals surface area contributed by atoms with E-state index in [0.29, 0.717) is 24.5 Å². The molecule has 0 aliphatic carbocycles. The van der Waals surface area contributed by atoms with Crippen LogP contribution >= 0.6 is 11.6 Å². The van der Waals surface area contributed by atoms with Crippen molar-refractivity contribution in [2.45, 2.75) is 24.3 Å². The molecule has 2 heterocycles. The molecule has 8 heteroatoms. The zero-order valence-corrected chi connectivity index (χ0v) is 15.8. The molecule has 0 amide bonds. The lowest BCUT2D eigenvalue weighted by molar-refractivity contribution is 0.319. The Hall–Kier alpha value is -1.83. The summed E-state index contributed by atoms with van der Waals surface area (Å²) in [4.78, 5) is 4.01. The minimum atomic E-state index is -3.67. The van der Waals surface area contributed by atoms with Gasteiger partial charge in [-0.25, -0.2) is 13.4 Å². The lowest BCUT2D eigenvalue weighted by atomic mass is 9.94. The minimum absolute atomic E-state index is 0.132. The van der Waals surface area contributed by atoms with Crippen molar-refractivity contribution < 1.29 is 17.9 Å². The molecule has 1 aliphatic rings. The van der Waals surface area contributed by atoms with Gasteiger partial charge in [0.05, 0.1) is 14.2 Å². The Bertz CT molecular complexity index is 884. The van der Waals surface area contributed by atoms with Crippen molar-refractivity contribution in [2.75, 3.05) is 20.8 Å². The van der Waals surface area contributed by atoms with E-state index in [2.05, 4.69) is 4.98 Å². The van der Waals surface area contributed by atoms with Gasteiger partial charge >= 0.3 is 0 Å². The van der Waals surface area contributed by atoms with Crippen molar-refractivity contribution >= 4 is 21.6 Å². The predicted molar refractivity (Wildman–Crippen MR) is 94.8 cm³/mol. The average Bonchev–Trinajstić information content (AvgIpc) is 2.61. The van der Waals surface area contributed by atoms with Crippen molar-refractivity contribution in [1.29, 1.82) is 0 Å². The SMILES string of the molecule is COc1cc2c(cc1OC)[C@@H](C)N(S(=O)(=O)c1ccc(Cl)nc1)CC2. The molecule has 0 saturated carbocycles. The Morgan fingerprint density at radius 3 is 2.48 bits per heavy atom. The molecule has 3 rings (SSSR count). The summed E-state index contributed by atoms with van der Waals surface area (Å²) in [6.45, 7) is 2.25. The molecule has 2 aromatic rings. The monoisotopic (exact) mass is 382 g/mol. The maximum Gasteiger partial charge on any atom is 0.245 e. The number of hydrogen-bond donors (Lipinski definition) is 0. The van der Waals surface area contributed by atoms with Crippen LogP contribution in [0.2, 0.25) is 5.15 Å². The number of halogens is 1. The smallest absolute Gasteiger partial charge is 0.245 e. The summed E-state index contributed by atoms with van der Waals surface area (Å²) >= 11 is 5.76. The number of sulfonamides is 1. The van der Waals surface area contributed by atoms with Gasteiger partial charge in [0, 0.05) is 18.8 Å². The summed E-state index contributed by atoms with van der Waals surface area (Å²) in [5.74, 6) is 1.23. The number of fused-ring (bicyclic) bond motifs is 1. The van der Waals surface area contributed by atoms with Gasteiger partial charge < -0.3 is 9.47 Å². The summed E-state index contributed by atoms with van der Waals surface area (Å²) in [5, 5.41) is 0.257. The van der Waals surface area contributed by atoms with Crippen molar-refractivity contribution in [3.8, 4) is 11.5 Å². The average molecular weight is 383 g/mol. The summed E-state index contributed by atoms with van der Waals surface area (Å²) in [7, 11) is -0.521. The van der Waals surface area contributed by atoms with E-state index in [1.807, 2.05) is 19.1 Å². The second-order valence-electron chi connectivity index (χ2n) is 5.76. The van der Waals surface area contributed by atoms with Gasteiger partial charge in [-0.1, -0.05) is 11.6 Å². The van der Waals surface area contributed by atoms with E-state index < -0.39 is 10.0 Å². The molecule has 25 heavy (non-hydrogen) atoms. The van der Waals surface area contributed by atoms with E-state index in [9.17, 15) is 8.42 Å². The third kappa shape index (κ3) is 3.19. The highest BCUT2D eigenvalue weighted by molar-refractivity contribution is 7.89. The summed E-state index contributed by atoms with van der Waals surface area (Å²) in [6, 6.07) is 6.38. The number of hydrogen-bond acceptors (Lipinski definition) is 5. The first-order valence-electron chi connectivity index (χ1n) is 7.76. The molecule has 1 aromatic heterocycles. The molecule has 134 valence electrons. The summed E-state index contributed by atoms with van der Waals surface area (Å²) < 4.78 is 38.1. The van der Waals surface area contributed by atoms with Crippen LogP contribution in [0.5, 0.6) is 11.5 Å². The van der Waals surface area contributed by atoms with E-state index in [4.69, 9.17) is 21.1 Å². The number of ether oxygens (including phenoxy) is 2. The lowest BCUT2D eigenvalue weighted by Gasteiger charge is -2.34. The first-order valence-corrected chi connectivity index (χ1v) is 9.58. The molecule has 1 aliphatic heterocycles. The van der Waals surface area contributed by atoms with Crippen molar-refractivity contribution in [3.05, 3.63) is 46.7 Å². The number of pyridine rings is 1. The van der Waals surface area contributed by atoms with Gasteiger partial charge in [-0.3, -0.25) is 0 Å². The molecule has 0 unspecified atom stereocenters. The molecule has 0 saturated heterocycles. The van der Waals surface area contributed by atoms with Gasteiger partial charge in [0.25, 0.3) is 0 Å². The van der Waals surface area contributed by atoms with Crippen LogP contribution in [-0.4, -0.2) is 38.5 Å². The number of nitrogens with zero attached hydrogens (tertiary/aromatic N) is 2. The summed E-state index contributed by atoms with van der Waals surface area (Å²) in [6.07, 6.45) is 1.88. The molecular formula is C17H19ClN2O4S. The van der Waals surface area contributed by atoms with Crippen LogP contribution in [0.3, 0.4) is 0 Å². The molecule has 6 nitrogen and oxygen atoms in total. The maximum atomic E-state index is 13.0. The van der Waals surface area contributed by atoms with Crippen LogP contribution < -0.4 is 9.47 Å². The van der Waals surface area contributed by atoms with Gasteiger partial charge in [-0.2, -0.15) is 4.31 Å². The molecule has 1 atom stereocenters. The highest BCUT2D eigenvalue weighted by atomic mass is 35.5. The van der Waals surface area contributed by atoms with Crippen LogP contribution in [0.15, 0.2) is 35.4 Å². The fraction of sp³-hybridized carbons (Fsp3) is 0.353. The second kappa shape index (κ2) is 6.82. The fourth-order valence-electron chi connectivity index (χ4n) is 3.10. The van der Waals surface area contributed by atoms with Crippen LogP contribution in [0.25, 0.3) is 0 Å². The second-order valence-corrected chi connectivity index (χ2v) is 8.04. The van der Waals surface area contributed by atoms with E-state index in [1.165, 1.54) is 22.6 Å². The normalized spacial score (nSPS) is 17.8. The van der Waals surface area contributed by atoms with Crippen LogP contribution in [0, 0.1) is 0 Å². The molecule has 1 aromatic carbocycles. The zero-order chi connectivity index (χ0) is 18.2. The Morgan fingerprint density at radius 1 is 1.20 bits per heavy atom. The topological polar surface area (TPSA) is 68.7 Å². The summed E-state index contributed by atoms with van der Waals surface area (Å²) in [5.41, 5.74) is 1.97. The van der Waals surface area contributed by atoms with E-state index in [1.54, 1.807) is 14.2 Å². The molecular weight excluding hydrogens is 364 g/mol. The quantitative estimate of drug-likeness (QED) is 0.760. The predicted octanol–water partition coefficient (Wildman–Crippen LogP) is 3.06.